The van der Waals surface area contributed by atoms with E-state index in [-0.39, 0.29) is 22.9 Å². The second-order valence-corrected chi connectivity index (χ2v) is 2.86. The molecule has 1 aromatic heterocycles. The first-order valence-corrected chi connectivity index (χ1v) is 4.30. The van der Waals surface area contributed by atoms with Crippen molar-refractivity contribution < 1.29 is 19.0 Å². The molecule has 0 atom stereocenters. The number of hydrogen-bond donors (Lipinski definition) is 2. The highest BCUT2D eigenvalue weighted by Gasteiger charge is 2.17. The zero-order valence-electron chi connectivity index (χ0n) is 7.04. The average molecular weight is 224 g/mol. The first-order valence-electron chi connectivity index (χ1n) is 3.76. The van der Waals surface area contributed by atoms with Crippen LogP contribution in [0.25, 0.3) is 0 Å². The zero-order chi connectivity index (χ0) is 10.7. The fourth-order valence-electron chi connectivity index (χ4n) is 1.01. The third-order valence-electron chi connectivity index (χ3n) is 1.69. The van der Waals surface area contributed by atoms with E-state index in [0.717, 1.165) is 6.07 Å². The molecule has 0 unspecified atom stereocenters. The summed E-state index contributed by atoms with van der Waals surface area (Å²) in [4.78, 5) is 3.47. The second kappa shape index (κ2) is 4.52. The van der Waals surface area contributed by atoms with Crippen LogP contribution in [0.2, 0.25) is 0 Å². The molecule has 0 aliphatic rings. The van der Waals surface area contributed by atoms with Crippen molar-refractivity contribution in [2.75, 3.05) is 0 Å². The number of pyridine rings is 1. The normalized spacial score (nSPS) is 10.9. The number of aromatic hydroxyl groups is 1. The zero-order valence-corrected chi connectivity index (χ0v) is 7.80. The van der Waals surface area contributed by atoms with Gasteiger partial charge in [0.25, 0.3) is 6.43 Å². The van der Waals surface area contributed by atoms with Gasteiger partial charge in [0.2, 0.25) is 0 Å². The summed E-state index contributed by atoms with van der Waals surface area (Å²) in [6.45, 7) is -0.594. The number of alkyl halides is 3. The summed E-state index contributed by atoms with van der Waals surface area (Å²) < 4.78 is 24.7. The Hall–Kier alpha value is -0.940. The Balaban J connectivity index is 3.25. The molecule has 0 aliphatic heterocycles. The average Bonchev–Trinajstić information content (AvgIpc) is 2.16. The van der Waals surface area contributed by atoms with Crippen LogP contribution < -0.4 is 0 Å². The SMILES string of the molecule is OCc1cc(O)c(CCl)nc1C(F)F. The Labute approximate surface area is 84.0 Å². The van der Waals surface area contributed by atoms with Crippen molar-refractivity contribution in [3.63, 3.8) is 0 Å². The van der Waals surface area contributed by atoms with Gasteiger partial charge in [0.05, 0.1) is 18.2 Å². The van der Waals surface area contributed by atoms with E-state index in [0.29, 0.717) is 0 Å². The van der Waals surface area contributed by atoms with E-state index >= 15 is 0 Å². The van der Waals surface area contributed by atoms with Crippen molar-refractivity contribution in [2.24, 2.45) is 0 Å². The van der Waals surface area contributed by atoms with Gasteiger partial charge >= 0.3 is 0 Å². The van der Waals surface area contributed by atoms with Gasteiger partial charge in [0.15, 0.2) is 0 Å². The summed E-state index contributed by atoms with van der Waals surface area (Å²) in [6.07, 6.45) is -2.79. The second-order valence-electron chi connectivity index (χ2n) is 2.59. The maximum absolute atomic E-state index is 12.4. The molecule has 0 spiro atoms. The highest BCUT2D eigenvalue weighted by molar-refractivity contribution is 6.17. The Bertz CT molecular complexity index is 333. The van der Waals surface area contributed by atoms with Crippen LogP contribution in [-0.4, -0.2) is 15.2 Å². The molecule has 1 aromatic rings. The van der Waals surface area contributed by atoms with Crippen molar-refractivity contribution in [3.05, 3.63) is 23.0 Å². The molecule has 0 fully saturated rings. The van der Waals surface area contributed by atoms with E-state index in [1.807, 2.05) is 0 Å². The number of nitrogens with zero attached hydrogens (tertiary/aromatic N) is 1. The van der Waals surface area contributed by atoms with Crippen molar-refractivity contribution in [1.29, 1.82) is 0 Å². The predicted octanol–water partition coefficient (Wildman–Crippen LogP) is 1.96. The molecular weight excluding hydrogens is 216 g/mol. The molecule has 0 amide bonds. The smallest absolute Gasteiger partial charge is 0.280 e. The minimum Gasteiger partial charge on any atom is -0.506 e. The van der Waals surface area contributed by atoms with Gasteiger partial charge < -0.3 is 10.2 Å². The third-order valence-corrected chi connectivity index (χ3v) is 1.95. The standard InChI is InChI=1S/C8H8ClF2NO2/c9-2-5-6(14)1-4(3-13)7(12-5)8(10)11/h1,8,13-14H,2-3H2. The lowest BCUT2D eigenvalue weighted by Crippen LogP contribution is -2.01. The largest absolute Gasteiger partial charge is 0.506 e. The Morgan fingerprint density at radius 2 is 2.14 bits per heavy atom. The van der Waals surface area contributed by atoms with Gasteiger partial charge in [-0.2, -0.15) is 0 Å². The maximum atomic E-state index is 12.4. The van der Waals surface area contributed by atoms with Gasteiger partial charge in [-0.05, 0) is 6.07 Å². The first-order chi connectivity index (χ1) is 6.60. The van der Waals surface area contributed by atoms with Gasteiger partial charge in [-0.15, -0.1) is 11.6 Å². The van der Waals surface area contributed by atoms with Crippen LogP contribution in [0.15, 0.2) is 6.07 Å². The highest BCUT2D eigenvalue weighted by atomic mass is 35.5. The van der Waals surface area contributed by atoms with E-state index in [1.54, 1.807) is 0 Å². The van der Waals surface area contributed by atoms with Crippen LogP contribution >= 0.6 is 11.6 Å². The minimum absolute atomic E-state index is 0.0147. The molecule has 1 heterocycles. The van der Waals surface area contributed by atoms with Crippen LogP contribution in [-0.2, 0) is 12.5 Å². The number of aromatic nitrogens is 1. The molecule has 0 bridgehead atoms. The molecule has 0 radical (unpaired) electrons. The minimum atomic E-state index is -2.79. The lowest BCUT2D eigenvalue weighted by Gasteiger charge is -2.08. The summed E-state index contributed by atoms with van der Waals surface area (Å²) in [6, 6.07) is 1.05. The third kappa shape index (κ3) is 2.10. The number of halogens is 3. The number of aliphatic hydroxyl groups excluding tert-OH is 1. The molecule has 2 N–H and O–H groups in total. The Kier molecular flexibility index (Phi) is 3.60. The van der Waals surface area contributed by atoms with Gasteiger partial charge in [-0.1, -0.05) is 0 Å². The molecule has 78 valence electrons. The fraction of sp³-hybridized carbons (Fsp3) is 0.375. The lowest BCUT2D eigenvalue weighted by atomic mass is 10.1. The molecule has 6 heteroatoms. The molecule has 1 rings (SSSR count). The molecule has 14 heavy (non-hydrogen) atoms. The summed E-state index contributed by atoms with van der Waals surface area (Å²) in [7, 11) is 0. The molecule has 0 aromatic carbocycles. The molecule has 0 aliphatic carbocycles. The predicted molar refractivity (Wildman–Crippen MR) is 46.3 cm³/mol. The number of hydrogen-bond acceptors (Lipinski definition) is 3. The van der Waals surface area contributed by atoms with Crippen LogP contribution in [0.3, 0.4) is 0 Å². The number of rotatable bonds is 3. The summed E-state index contributed by atoms with van der Waals surface area (Å²) >= 11 is 5.37. The Morgan fingerprint density at radius 1 is 1.50 bits per heavy atom. The molecule has 3 nitrogen and oxygen atoms in total. The van der Waals surface area contributed by atoms with Crippen molar-refractivity contribution >= 4 is 11.6 Å². The van der Waals surface area contributed by atoms with E-state index < -0.39 is 18.7 Å². The highest BCUT2D eigenvalue weighted by Crippen LogP contribution is 2.27. The summed E-state index contributed by atoms with van der Waals surface area (Å²) in [5, 5.41) is 18.0. The summed E-state index contributed by atoms with van der Waals surface area (Å²) in [5.74, 6) is -0.439. The molecule has 0 saturated carbocycles. The number of aliphatic hydroxyl groups is 1. The van der Waals surface area contributed by atoms with E-state index in [1.165, 1.54) is 0 Å². The Morgan fingerprint density at radius 3 is 2.57 bits per heavy atom. The topological polar surface area (TPSA) is 53.4 Å². The van der Waals surface area contributed by atoms with Crippen LogP contribution in [0.4, 0.5) is 8.78 Å². The van der Waals surface area contributed by atoms with E-state index in [4.69, 9.17) is 16.7 Å². The van der Waals surface area contributed by atoms with Crippen LogP contribution in [0.5, 0.6) is 5.75 Å². The van der Waals surface area contributed by atoms with Crippen LogP contribution in [0, 0.1) is 0 Å². The fourth-order valence-corrected chi connectivity index (χ4v) is 1.21. The first kappa shape index (κ1) is 11.1. The monoisotopic (exact) mass is 223 g/mol. The molecular formula is C8H8ClF2NO2. The lowest BCUT2D eigenvalue weighted by molar-refractivity contribution is 0.141. The van der Waals surface area contributed by atoms with E-state index in [2.05, 4.69) is 4.98 Å². The quantitative estimate of drug-likeness (QED) is 0.771. The van der Waals surface area contributed by atoms with Gasteiger partial charge in [0.1, 0.15) is 11.4 Å². The van der Waals surface area contributed by atoms with Crippen molar-refractivity contribution in [1.82, 2.24) is 4.98 Å². The molecule has 0 saturated heterocycles. The summed E-state index contributed by atoms with van der Waals surface area (Å²) in [5.41, 5.74) is -0.647. The van der Waals surface area contributed by atoms with Crippen LogP contribution in [0.1, 0.15) is 23.4 Å². The van der Waals surface area contributed by atoms with Crippen molar-refractivity contribution in [3.8, 4) is 5.75 Å². The van der Waals surface area contributed by atoms with Gasteiger partial charge in [-0.25, -0.2) is 13.8 Å². The van der Waals surface area contributed by atoms with Gasteiger partial charge in [-0.3, -0.25) is 0 Å². The van der Waals surface area contributed by atoms with E-state index in [9.17, 15) is 13.9 Å². The van der Waals surface area contributed by atoms with Gasteiger partial charge in [0, 0.05) is 5.56 Å². The van der Waals surface area contributed by atoms with Crippen molar-refractivity contribution in [2.45, 2.75) is 18.9 Å². The maximum Gasteiger partial charge on any atom is 0.280 e.